The zero-order chi connectivity index (χ0) is 10.8. The average molecular weight is 205 g/mol. The molecule has 2 N–H and O–H groups in total. The summed E-state index contributed by atoms with van der Waals surface area (Å²) in [5.41, 5.74) is 6.29. The van der Waals surface area contributed by atoms with E-state index in [1.807, 2.05) is 0 Å². The van der Waals surface area contributed by atoms with E-state index in [0.717, 1.165) is 5.56 Å². The number of ether oxygens (including phenoxy) is 1. The van der Waals surface area contributed by atoms with E-state index in [2.05, 4.69) is 4.74 Å². The second-order valence-corrected chi connectivity index (χ2v) is 2.91. The second-order valence-electron chi connectivity index (χ2n) is 2.91. The normalized spacial score (nSPS) is 13.8. The number of hydrogen-bond donors (Lipinski definition) is 1. The fourth-order valence-corrected chi connectivity index (χ4v) is 0.973. The zero-order valence-electron chi connectivity index (χ0n) is 7.51. The Kier molecular flexibility index (Phi) is 3.00. The highest BCUT2D eigenvalue weighted by atomic mass is 19.4. The lowest BCUT2D eigenvalue weighted by Crippen LogP contribution is -2.17. The Morgan fingerprint density at radius 1 is 1.21 bits per heavy atom. The monoisotopic (exact) mass is 205 g/mol. The SMILES string of the molecule is CC(N)c1ccc(OC(F)(F)F)cc1. The molecule has 0 aliphatic rings. The van der Waals surface area contributed by atoms with Crippen LogP contribution < -0.4 is 10.5 Å². The van der Waals surface area contributed by atoms with Gasteiger partial charge in [-0.3, -0.25) is 0 Å². The lowest BCUT2D eigenvalue weighted by atomic mass is 10.1. The predicted octanol–water partition coefficient (Wildman–Crippen LogP) is 2.60. The van der Waals surface area contributed by atoms with E-state index in [9.17, 15) is 13.2 Å². The molecule has 0 aliphatic heterocycles. The molecule has 2 nitrogen and oxygen atoms in total. The lowest BCUT2D eigenvalue weighted by molar-refractivity contribution is -0.274. The van der Waals surface area contributed by atoms with E-state index >= 15 is 0 Å². The van der Waals surface area contributed by atoms with Gasteiger partial charge in [-0.05, 0) is 24.6 Å². The number of benzene rings is 1. The summed E-state index contributed by atoms with van der Waals surface area (Å²) in [6.45, 7) is 1.75. The fraction of sp³-hybridized carbons (Fsp3) is 0.333. The number of hydrogen-bond acceptors (Lipinski definition) is 2. The van der Waals surface area contributed by atoms with Crippen LogP contribution in [0.25, 0.3) is 0 Å². The minimum Gasteiger partial charge on any atom is -0.406 e. The van der Waals surface area contributed by atoms with E-state index in [-0.39, 0.29) is 11.8 Å². The van der Waals surface area contributed by atoms with E-state index < -0.39 is 6.36 Å². The van der Waals surface area contributed by atoms with Crippen molar-refractivity contribution in [2.45, 2.75) is 19.3 Å². The Morgan fingerprint density at radius 3 is 2.07 bits per heavy atom. The van der Waals surface area contributed by atoms with Crippen LogP contribution in [0.2, 0.25) is 0 Å². The van der Waals surface area contributed by atoms with Crippen LogP contribution in [0.1, 0.15) is 18.5 Å². The summed E-state index contributed by atoms with van der Waals surface area (Å²) in [5.74, 6) is -0.234. The van der Waals surface area contributed by atoms with Crippen molar-refractivity contribution in [1.82, 2.24) is 0 Å². The average Bonchev–Trinajstić information content (AvgIpc) is 2.02. The minimum atomic E-state index is -4.64. The lowest BCUT2D eigenvalue weighted by Gasteiger charge is -2.10. The standard InChI is InChI=1S/C9H10F3NO/c1-6(13)7-2-4-8(5-3-7)14-9(10,11)12/h2-6H,13H2,1H3. The quantitative estimate of drug-likeness (QED) is 0.805. The number of nitrogens with two attached hydrogens (primary N) is 1. The highest BCUT2D eigenvalue weighted by Gasteiger charge is 2.30. The van der Waals surface area contributed by atoms with Gasteiger partial charge in [-0.15, -0.1) is 13.2 Å². The van der Waals surface area contributed by atoms with Crippen molar-refractivity contribution < 1.29 is 17.9 Å². The van der Waals surface area contributed by atoms with E-state index in [1.54, 1.807) is 6.92 Å². The van der Waals surface area contributed by atoms with Crippen LogP contribution in [0.15, 0.2) is 24.3 Å². The maximum Gasteiger partial charge on any atom is 0.573 e. The van der Waals surface area contributed by atoms with Gasteiger partial charge in [0.05, 0.1) is 0 Å². The Labute approximate surface area is 79.5 Å². The van der Waals surface area contributed by atoms with Crippen LogP contribution in [-0.2, 0) is 0 Å². The van der Waals surface area contributed by atoms with E-state index in [4.69, 9.17) is 5.73 Å². The molecular formula is C9H10F3NO. The maximum absolute atomic E-state index is 11.8. The molecule has 0 spiro atoms. The molecule has 1 aromatic carbocycles. The van der Waals surface area contributed by atoms with Gasteiger partial charge < -0.3 is 10.5 Å². The van der Waals surface area contributed by atoms with Crippen molar-refractivity contribution >= 4 is 0 Å². The molecule has 0 aromatic heterocycles. The number of rotatable bonds is 2. The predicted molar refractivity (Wildman–Crippen MR) is 45.7 cm³/mol. The molecule has 0 amide bonds. The van der Waals surface area contributed by atoms with Gasteiger partial charge in [0.25, 0.3) is 0 Å². The van der Waals surface area contributed by atoms with E-state index in [1.165, 1.54) is 24.3 Å². The molecule has 0 radical (unpaired) electrons. The first-order valence-electron chi connectivity index (χ1n) is 4.00. The topological polar surface area (TPSA) is 35.2 Å². The molecule has 1 unspecified atom stereocenters. The first-order chi connectivity index (χ1) is 6.38. The molecule has 78 valence electrons. The molecule has 0 saturated heterocycles. The van der Waals surface area contributed by atoms with Crippen LogP contribution in [0.3, 0.4) is 0 Å². The van der Waals surface area contributed by atoms with Crippen LogP contribution in [0.5, 0.6) is 5.75 Å². The summed E-state index contributed by atoms with van der Waals surface area (Å²) in [6.07, 6.45) is -4.64. The molecular weight excluding hydrogens is 195 g/mol. The third kappa shape index (κ3) is 3.26. The summed E-state index contributed by atoms with van der Waals surface area (Å²) >= 11 is 0. The van der Waals surface area contributed by atoms with Crippen LogP contribution in [0.4, 0.5) is 13.2 Å². The van der Waals surface area contributed by atoms with Crippen LogP contribution >= 0.6 is 0 Å². The number of alkyl halides is 3. The zero-order valence-corrected chi connectivity index (χ0v) is 7.51. The first kappa shape index (κ1) is 10.8. The van der Waals surface area contributed by atoms with Crippen molar-refractivity contribution in [1.29, 1.82) is 0 Å². The smallest absolute Gasteiger partial charge is 0.406 e. The fourth-order valence-electron chi connectivity index (χ4n) is 0.973. The molecule has 14 heavy (non-hydrogen) atoms. The van der Waals surface area contributed by atoms with E-state index in [0.29, 0.717) is 0 Å². The van der Waals surface area contributed by atoms with Crippen molar-refractivity contribution in [3.63, 3.8) is 0 Å². The molecule has 0 fully saturated rings. The summed E-state index contributed by atoms with van der Waals surface area (Å²) in [7, 11) is 0. The van der Waals surface area contributed by atoms with Crippen LogP contribution in [0, 0.1) is 0 Å². The minimum absolute atomic E-state index is 0.199. The van der Waals surface area contributed by atoms with Crippen molar-refractivity contribution in [2.75, 3.05) is 0 Å². The molecule has 0 aliphatic carbocycles. The first-order valence-corrected chi connectivity index (χ1v) is 4.00. The molecule has 1 atom stereocenters. The summed E-state index contributed by atoms with van der Waals surface area (Å²) in [5, 5.41) is 0. The van der Waals surface area contributed by atoms with Crippen LogP contribution in [-0.4, -0.2) is 6.36 Å². The Hall–Kier alpha value is -1.23. The largest absolute Gasteiger partial charge is 0.573 e. The third-order valence-corrected chi connectivity index (χ3v) is 1.64. The highest BCUT2D eigenvalue weighted by Crippen LogP contribution is 2.23. The summed E-state index contributed by atoms with van der Waals surface area (Å²) in [4.78, 5) is 0. The molecule has 0 heterocycles. The molecule has 0 saturated carbocycles. The molecule has 0 bridgehead atoms. The summed E-state index contributed by atoms with van der Waals surface area (Å²) in [6, 6.07) is 5.30. The second kappa shape index (κ2) is 3.88. The van der Waals surface area contributed by atoms with Gasteiger partial charge in [-0.2, -0.15) is 0 Å². The van der Waals surface area contributed by atoms with Gasteiger partial charge in [0.2, 0.25) is 0 Å². The van der Waals surface area contributed by atoms with Crippen molar-refractivity contribution in [3.8, 4) is 5.75 Å². The number of halogens is 3. The molecule has 5 heteroatoms. The molecule has 1 aromatic rings. The van der Waals surface area contributed by atoms with Crippen molar-refractivity contribution in [2.24, 2.45) is 5.73 Å². The van der Waals surface area contributed by atoms with Gasteiger partial charge >= 0.3 is 6.36 Å². The van der Waals surface area contributed by atoms with Gasteiger partial charge in [0, 0.05) is 6.04 Å². The third-order valence-electron chi connectivity index (χ3n) is 1.64. The Balaban J connectivity index is 2.74. The Bertz CT molecular complexity index is 292. The van der Waals surface area contributed by atoms with Gasteiger partial charge in [0.15, 0.2) is 0 Å². The highest BCUT2D eigenvalue weighted by molar-refractivity contribution is 5.28. The summed E-state index contributed by atoms with van der Waals surface area (Å²) < 4.78 is 39.0. The maximum atomic E-state index is 11.8. The van der Waals surface area contributed by atoms with Gasteiger partial charge in [-0.25, -0.2) is 0 Å². The van der Waals surface area contributed by atoms with Crippen molar-refractivity contribution in [3.05, 3.63) is 29.8 Å². The molecule has 1 rings (SSSR count). The Morgan fingerprint density at radius 2 is 1.71 bits per heavy atom. The van der Waals surface area contributed by atoms with Gasteiger partial charge in [0.1, 0.15) is 5.75 Å². The van der Waals surface area contributed by atoms with Gasteiger partial charge in [-0.1, -0.05) is 12.1 Å².